The fourth-order valence-corrected chi connectivity index (χ4v) is 4.02. The number of hydrogen-bond acceptors (Lipinski definition) is 3. The van der Waals surface area contributed by atoms with Gasteiger partial charge < -0.3 is 10.4 Å². The molecule has 2 aliphatic rings. The number of nitrogens with zero attached hydrogens (tertiary/aromatic N) is 1. The highest BCUT2D eigenvalue weighted by atomic mass is 16.3. The summed E-state index contributed by atoms with van der Waals surface area (Å²) in [6.07, 6.45) is 5.29. The number of aliphatic hydroxyl groups is 1. The molecule has 3 nitrogen and oxygen atoms in total. The van der Waals surface area contributed by atoms with E-state index in [1.807, 2.05) is 0 Å². The van der Waals surface area contributed by atoms with E-state index in [2.05, 4.69) is 44.8 Å². The maximum atomic E-state index is 9.66. The molecule has 0 amide bonds. The summed E-state index contributed by atoms with van der Waals surface area (Å²) in [5.41, 5.74) is 0.622. The van der Waals surface area contributed by atoms with Crippen molar-refractivity contribution in [2.24, 2.45) is 11.3 Å². The van der Waals surface area contributed by atoms with Gasteiger partial charge in [-0.2, -0.15) is 0 Å². The van der Waals surface area contributed by atoms with Gasteiger partial charge in [-0.05, 0) is 50.9 Å². The normalized spacial score (nSPS) is 36.0. The predicted molar refractivity (Wildman–Crippen MR) is 84.9 cm³/mol. The Morgan fingerprint density at radius 2 is 1.75 bits per heavy atom. The first-order valence-electron chi connectivity index (χ1n) is 8.34. The van der Waals surface area contributed by atoms with Gasteiger partial charge in [0.15, 0.2) is 0 Å². The third kappa shape index (κ3) is 3.75. The van der Waals surface area contributed by atoms with E-state index in [-0.39, 0.29) is 12.1 Å². The smallest absolute Gasteiger partial charge is 0.0599 e. The Kier molecular flexibility index (Phi) is 4.83. The molecule has 0 aromatic rings. The minimum absolute atomic E-state index is 0.173. The van der Waals surface area contributed by atoms with Crippen LogP contribution in [0.15, 0.2) is 0 Å². The number of piperazine rings is 1. The van der Waals surface area contributed by atoms with Crippen LogP contribution in [0, 0.1) is 11.3 Å². The standard InChI is InChI=1S/C17H34N2O/c1-16(2,3)13-6-8-14(9-7-13)19-12-17(4,5)18-10-15(19)11-20/h13-15,18,20H,6-12H2,1-5H3. The van der Waals surface area contributed by atoms with Crippen molar-refractivity contribution in [3.8, 4) is 0 Å². The Labute approximate surface area is 125 Å². The Morgan fingerprint density at radius 1 is 1.15 bits per heavy atom. The molecular formula is C17H34N2O. The van der Waals surface area contributed by atoms with Gasteiger partial charge in [0.05, 0.1) is 6.61 Å². The Balaban J connectivity index is 1.97. The van der Waals surface area contributed by atoms with Crippen LogP contribution >= 0.6 is 0 Å². The first kappa shape index (κ1) is 16.3. The number of rotatable bonds is 2. The topological polar surface area (TPSA) is 35.5 Å². The van der Waals surface area contributed by atoms with Crippen LogP contribution in [0.3, 0.4) is 0 Å². The average Bonchev–Trinajstić information content (AvgIpc) is 2.37. The van der Waals surface area contributed by atoms with Crippen molar-refractivity contribution >= 4 is 0 Å². The molecule has 1 saturated heterocycles. The van der Waals surface area contributed by atoms with Gasteiger partial charge in [-0.1, -0.05) is 20.8 Å². The van der Waals surface area contributed by atoms with Crippen LogP contribution in [0.2, 0.25) is 0 Å². The quantitative estimate of drug-likeness (QED) is 0.817. The second-order valence-corrected chi connectivity index (χ2v) is 8.64. The molecule has 118 valence electrons. The van der Waals surface area contributed by atoms with E-state index in [4.69, 9.17) is 0 Å². The number of nitrogens with one attached hydrogen (secondary N) is 1. The van der Waals surface area contributed by atoms with E-state index in [1.54, 1.807) is 0 Å². The summed E-state index contributed by atoms with van der Waals surface area (Å²) in [4.78, 5) is 2.59. The molecule has 2 fully saturated rings. The van der Waals surface area contributed by atoms with Gasteiger partial charge in [0, 0.05) is 30.7 Å². The molecule has 0 radical (unpaired) electrons. The minimum atomic E-state index is 0.173. The van der Waals surface area contributed by atoms with Gasteiger partial charge in [-0.3, -0.25) is 4.90 Å². The molecule has 20 heavy (non-hydrogen) atoms. The lowest BCUT2D eigenvalue weighted by Crippen LogP contribution is -2.65. The van der Waals surface area contributed by atoms with E-state index in [0.29, 0.717) is 17.5 Å². The van der Waals surface area contributed by atoms with E-state index < -0.39 is 0 Å². The van der Waals surface area contributed by atoms with Crippen molar-refractivity contribution < 1.29 is 5.11 Å². The zero-order valence-electron chi connectivity index (χ0n) is 14.1. The largest absolute Gasteiger partial charge is 0.395 e. The average molecular weight is 282 g/mol. The summed E-state index contributed by atoms with van der Waals surface area (Å²) in [7, 11) is 0. The zero-order valence-corrected chi connectivity index (χ0v) is 14.1. The Hall–Kier alpha value is -0.120. The van der Waals surface area contributed by atoms with Gasteiger partial charge in [0.25, 0.3) is 0 Å². The molecule has 0 bridgehead atoms. The minimum Gasteiger partial charge on any atom is -0.395 e. The molecule has 3 heteroatoms. The maximum absolute atomic E-state index is 9.66. The Morgan fingerprint density at radius 3 is 2.25 bits per heavy atom. The SMILES string of the molecule is CC1(C)CN(C2CCC(C(C)(C)C)CC2)C(CO)CN1. The van der Waals surface area contributed by atoms with E-state index >= 15 is 0 Å². The lowest BCUT2D eigenvalue weighted by atomic mass is 9.71. The molecule has 0 aromatic heterocycles. The molecule has 1 aliphatic heterocycles. The van der Waals surface area contributed by atoms with Crippen molar-refractivity contribution in [3.05, 3.63) is 0 Å². The fraction of sp³-hybridized carbons (Fsp3) is 1.00. The summed E-state index contributed by atoms with van der Waals surface area (Å²) in [6.45, 7) is 13.9. The molecular weight excluding hydrogens is 248 g/mol. The zero-order chi connectivity index (χ0) is 15.0. The molecule has 0 spiro atoms. The van der Waals surface area contributed by atoms with Crippen LogP contribution in [0.5, 0.6) is 0 Å². The van der Waals surface area contributed by atoms with Crippen LogP contribution in [-0.2, 0) is 0 Å². The fourth-order valence-electron chi connectivity index (χ4n) is 4.02. The second kappa shape index (κ2) is 5.94. The second-order valence-electron chi connectivity index (χ2n) is 8.64. The third-order valence-corrected chi connectivity index (χ3v) is 5.46. The van der Waals surface area contributed by atoms with Crippen molar-refractivity contribution in [3.63, 3.8) is 0 Å². The number of hydrogen-bond donors (Lipinski definition) is 2. The van der Waals surface area contributed by atoms with Gasteiger partial charge >= 0.3 is 0 Å². The highest BCUT2D eigenvalue weighted by Crippen LogP contribution is 2.39. The number of aliphatic hydroxyl groups excluding tert-OH is 1. The highest BCUT2D eigenvalue weighted by Gasteiger charge is 2.38. The van der Waals surface area contributed by atoms with Gasteiger partial charge in [0.1, 0.15) is 0 Å². The van der Waals surface area contributed by atoms with E-state index in [0.717, 1.165) is 19.0 Å². The van der Waals surface area contributed by atoms with E-state index in [9.17, 15) is 5.11 Å². The van der Waals surface area contributed by atoms with Crippen LogP contribution < -0.4 is 5.32 Å². The van der Waals surface area contributed by atoms with E-state index in [1.165, 1.54) is 25.7 Å². The first-order chi connectivity index (χ1) is 9.23. The van der Waals surface area contributed by atoms with Gasteiger partial charge in [-0.25, -0.2) is 0 Å². The molecule has 1 atom stereocenters. The van der Waals surface area contributed by atoms with Crippen LogP contribution in [0.1, 0.15) is 60.3 Å². The molecule has 0 aromatic carbocycles. The monoisotopic (exact) mass is 282 g/mol. The molecule has 1 heterocycles. The summed E-state index contributed by atoms with van der Waals surface area (Å²) in [6, 6.07) is 0.978. The molecule has 1 aliphatic carbocycles. The summed E-state index contributed by atoms with van der Waals surface area (Å²) < 4.78 is 0. The summed E-state index contributed by atoms with van der Waals surface area (Å²) in [5, 5.41) is 13.2. The van der Waals surface area contributed by atoms with Crippen LogP contribution in [0.4, 0.5) is 0 Å². The summed E-state index contributed by atoms with van der Waals surface area (Å²) in [5.74, 6) is 0.863. The molecule has 2 N–H and O–H groups in total. The maximum Gasteiger partial charge on any atom is 0.0599 e. The molecule has 2 rings (SSSR count). The van der Waals surface area contributed by atoms with Crippen LogP contribution in [0.25, 0.3) is 0 Å². The highest BCUT2D eigenvalue weighted by molar-refractivity contribution is 4.96. The predicted octanol–water partition coefficient (Wildman–Crippen LogP) is 2.64. The lowest BCUT2D eigenvalue weighted by molar-refractivity contribution is -0.000791. The van der Waals surface area contributed by atoms with Crippen molar-refractivity contribution in [1.82, 2.24) is 10.2 Å². The lowest BCUT2D eigenvalue weighted by Gasteiger charge is -2.50. The van der Waals surface area contributed by atoms with Crippen molar-refractivity contribution in [2.75, 3.05) is 19.7 Å². The molecule has 1 unspecified atom stereocenters. The first-order valence-corrected chi connectivity index (χ1v) is 8.34. The third-order valence-electron chi connectivity index (χ3n) is 5.46. The van der Waals surface area contributed by atoms with Crippen molar-refractivity contribution in [1.29, 1.82) is 0 Å². The summed E-state index contributed by atoms with van der Waals surface area (Å²) >= 11 is 0. The van der Waals surface area contributed by atoms with Gasteiger partial charge in [0.2, 0.25) is 0 Å². The van der Waals surface area contributed by atoms with Crippen LogP contribution in [-0.4, -0.2) is 47.3 Å². The Bertz CT molecular complexity index is 313. The van der Waals surface area contributed by atoms with Gasteiger partial charge in [-0.15, -0.1) is 0 Å². The molecule has 1 saturated carbocycles. The van der Waals surface area contributed by atoms with Crippen molar-refractivity contribution in [2.45, 2.75) is 77.9 Å².